The number of hydrogen-bond acceptors (Lipinski definition) is 3. The molecule has 4 nitrogen and oxygen atoms in total. The second-order valence-electron chi connectivity index (χ2n) is 4.98. The molecule has 0 bridgehead atoms. The van der Waals surface area contributed by atoms with Crippen LogP contribution >= 0.6 is 0 Å². The van der Waals surface area contributed by atoms with Crippen LogP contribution in [0.1, 0.15) is 32.1 Å². The summed E-state index contributed by atoms with van der Waals surface area (Å²) in [7, 11) is -2.92. The van der Waals surface area contributed by atoms with Gasteiger partial charge in [0.25, 0.3) is 0 Å². The summed E-state index contributed by atoms with van der Waals surface area (Å²) < 4.78 is 22.7. The Morgan fingerprint density at radius 2 is 1.69 bits per heavy atom. The molecule has 16 heavy (non-hydrogen) atoms. The average Bonchev–Trinajstić information content (AvgIpc) is 2.14. The van der Waals surface area contributed by atoms with Gasteiger partial charge in [0.2, 0.25) is 5.91 Å². The first kappa shape index (κ1) is 11.9. The molecule has 0 aromatic heterocycles. The third-order valence-corrected chi connectivity index (χ3v) is 5.50. The van der Waals surface area contributed by atoms with E-state index in [2.05, 4.69) is 0 Å². The van der Waals surface area contributed by atoms with Gasteiger partial charge in [-0.3, -0.25) is 4.79 Å². The lowest BCUT2D eigenvalue weighted by molar-refractivity contribution is -0.139. The lowest BCUT2D eigenvalue weighted by Crippen LogP contribution is -2.45. The monoisotopic (exact) mass is 245 g/mol. The highest BCUT2D eigenvalue weighted by atomic mass is 32.2. The van der Waals surface area contributed by atoms with Gasteiger partial charge >= 0.3 is 0 Å². The lowest BCUT2D eigenvalue weighted by Gasteiger charge is -2.36. The molecular formula is C11H19NO3S. The van der Waals surface area contributed by atoms with Crippen LogP contribution in [0.5, 0.6) is 0 Å². The second kappa shape index (κ2) is 4.35. The molecule has 0 atom stereocenters. The number of nitrogens with zero attached hydrogens (tertiary/aromatic N) is 1. The molecule has 0 aromatic rings. The second-order valence-corrected chi connectivity index (χ2v) is 7.31. The van der Waals surface area contributed by atoms with Crippen LogP contribution in [0.3, 0.4) is 0 Å². The zero-order chi connectivity index (χ0) is 11.8. The SMILES string of the molecule is CS(=O)(=O)C1CCN(C(=O)C2CCC2)CC1. The number of hydrogen-bond donors (Lipinski definition) is 0. The number of rotatable bonds is 2. The summed E-state index contributed by atoms with van der Waals surface area (Å²) in [4.78, 5) is 13.8. The first-order chi connectivity index (χ1) is 7.48. The molecule has 0 unspecified atom stereocenters. The van der Waals surface area contributed by atoms with Gasteiger partial charge in [-0.15, -0.1) is 0 Å². The molecule has 0 radical (unpaired) electrons. The number of carbonyl (C=O) groups is 1. The third-order valence-electron chi connectivity index (χ3n) is 3.81. The standard InChI is InChI=1S/C11H19NO3S/c1-16(14,15)10-5-7-12(8-6-10)11(13)9-3-2-4-9/h9-10H,2-8H2,1H3. The van der Waals surface area contributed by atoms with Crippen molar-refractivity contribution in [2.75, 3.05) is 19.3 Å². The van der Waals surface area contributed by atoms with E-state index in [9.17, 15) is 13.2 Å². The van der Waals surface area contributed by atoms with Crippen LogP contribution in [0.25, 0.3) is 0 Å². The fourth-order valence-electron chi connectivity index (χ4n) is 2.42. The molecule has 1 aliphatic heterocycles. The molecule has 2 aliphatic rings. The highest BCUT2D eigenvalue weighted by Crippen LogP contribution is 2.29. The van der Waals surface area contributed by atoms with E-state index in [1.165, 1.54) is 6.26 Å². The first-order valence-corrected chi connectivity index (χ1v) is 7.91. The van der Waals surface area contributed by atoms with Crippen LogP contribution in [-0.2, 0) is 14.6 Å². The Morgan fingerprint density at radius 3 is 2.06 bits per heavy atom. The molecule has 2 fully saturated rings. The van der Waals surface area contributed by atoms with Crippen molar-refractivity contribution in [2.24, 2.45) is 5.92 Å². The Kier molecular flexibility index (Phi) is 3.24. The van der Waals surface area contributed by atoms with Crippen LogP contribution < -0.4 is 0 Å². The fourth-order valence-corrected chi connectivity index (χ4v) is 3.48. The predicted octanol–water partition coefficient (Wildman–Crippen LogP) is 0.822. The van der Waals surface area contributed by atoms with Gasteiger partial charge in [-0.05, 0) is 25.7 Å². The molecule has 1 amide bonds. The maximum atomic E-state index is 11.9. The van der Waals surface area contributed by atoms with E-state index in [0.29, 0.717) is 25.9 Å². The van der Waals surface area contributed by atoms with Gasteiger partial charge < -0.3 is 4.90 Å². The minimum absolute atomic E-state index is 0.231. The van der Waals surface area contributed by atoms with Crippen molar-refractivity contribution >= 4 is 15.7 Å². The summed E-state index contributed by atoms with van der Waals surface area (Å²) in [5.74, 6) is 0.480. The van der Waals surface area contributed by atoms with Crippen molar-refractivity contribution in [1.82, 2.24) is 4.90 Å². The van der Waals surface area contributed by atoms with E-state index >= 15 is 0 Å². The van der Waals surface area contributed by atoms with Gasteiger partial charge in [-0.1, -0.05) is 6.42 Å². The predicted molar refractivity (Wildman–Crippen MR) is 61.8 cm³/mol. The zero-order valence-corrected chi connectivity index (χ0v) is 10.5. The molecule has 92 valence electrons. The van der Waals surface area contributed by atoms with Gasteiger partial charge in [0.1, 0.15) is 9.84 Å². The molecular weight excluding hydrogens is 226 g/mol. The molecule has 0 spiro atoms. The Morgan fingerprint density at radius 1 is 1.12 bits per heavy atom. The average molecular weight is 245 g/mol. The largest absolute Gasteiger partial charge is 0.342 e. The fraction of sp³-hybridized carbons (Fsp3) is 0.909. The number of likely N-dealkylation sites (tertiary alicyclic amines) is 1. The summed E-state index contributed by atoms with van der Waals surface area (Å²) in [6.07, 6.45) is 5.71. The Hall–Kier alpha value is -0.580. The zero-order valence-electron chi connectivity index (χ0n) is 9.68. The molecule has 1 saturated heterocycles. The van der Waals surface area contributed by atoms with Crippen molar-refractivity contribution in [3.05, 3.63) is 0 Å². The summed E-state index contributed by atoms with van der Waals surface area (Å²) in [6, 6.07) is 0. The van der Waals surface area contributed by atoms with E-state index in [-0.39, 0.29) is 17.1 Å². The molecule has 1 saturated carbocycles. The minimum atomic E-state index is -2.92. The highest BCUT2D eigenvalue weighted by molar-refractivity contribution is 7.91. The third kappa shape index (κ3) is 2.39. The number of amides is 1. The van der Waals surface area contributed by atoms with Crippen LogP contribution in [0.4, 0.5) is 0 Å². The maximum Gasteiger partial charge on any atom is 0.225 e. The molecule has 0 aromatic carbocycles. The normalized spacial score (nSPS) is 24.2. The Balaban J connectivity index is 1.87. The number of piperidine rings is 1. The van der Waals surface area contributed by atoms with Gasteiger partial charge in [-0.25, -0.2) is 8.42 Å². The summed E-state index contributed by atoms with van der Waals surface area (Å²) in [5.41, 5.74) is 0. The van der Waals surface area contributed by atoms with Crippen LogP contribution in [0, 0.1) is 5.92 Å². The van der Waals surface area contributed by atoms with Crippen molar-refractivity contribution in [2.45, 2.75) is 37.4 Å². The molecule has 0 N–H and O–H groups in total. The molecule has 1 aliphatic carbocycles. The number of carbonyl (C=O) groups excluding carboxylic acids is 1. The van der Waals surface area contributed by atoms with Crippen LogP contribution in [0.15, 0.2) is 0 Å². The minimum Gasteiger partial charge on any atom is -0.342 e. The number of sulfone groups is 1. The van der Waals surface area contributed by atoms with Crippen molar-refractivity contribution in [3.63, 3.8) is 0 Å². The van der Waals surface area contributed by atoms with Gasteiger partial charge in [-0.2, -0.15) is 0 Å². The smallest absolute Gasteiger partial charge is 0.225 e. The van der Waals surface area contributed by atoms with Crippen molar-refractivity contribution in [1.29, 1.82) is 0 Å². The quantitative estimate of drug-likeness (QED) is 0.724. The highest BCUT2D eigenvalue weighted by Gasteiger charge is 2.33. The van der Waals surface area contributed by atoms with E-state index < -0.39 is 9.84 Å². The van der Waals surface area contributed by atoms with Crippen molar-refractivity contribution in [3.8, 4) is 0 Å². The Labute approximate surface area is 96.9 Å². The Bertz CT molecular complexity index is 365. The topological polar surface area (TPSA) is 54.5 Å². The molecule has 1 heterocycles. The molecule has 2 rings (SSSR count). The maximum absolute atomic E-state index is 11.9. The van der Waals surface area contributed by atoms with E-state index in [0.717, 1.165) is 19.3 Å². The lowest BCUT2D eigenvalue weighted by atomic mass is 9.84. The first-order valence-electron chi connectivity index (χ1n) is 5.96. The van der Waals surface area contributed by atoms with Gasteiger partial charge in [0.05, 0.1) is 5.25 Å². The van der Waals surface area contributed by atoms with E-state index in [1.807, 2.05) is 4.90 Å². The van der Waals surface area contributed by atoms with E-state index in [4.69, 9.17) is 0 Å². The summed E-state index contributed by atoms with van der Waals surface area (Å²) in [6.45, 7) is 1.24. The van der Waals surface area contributed by atoms with Crippen LogP contribution in [0.2, 0.25) is 0 Å². The molecule has 5 heteroatoms. The van der Waals surface area contributed by atoms with E-state index in [1.54, 1.807) is 0 Å². The van der Waals surface area contributed by atoms with Gasteiger partial charge in [0.15, 0.2) is 0 Å². The van der Waals surface area contributed by atoms with Crippen LogP contribution in [-0.4, -0.2) is 43.8 Å². The van der Waals surface area contributed by atoms with Gasteiger partial charge in [0, 0.05) is 25.3 Å². The summed E-state index contributed by atoms with van der Waals surface area (Å²) in [5, 5.41) is -0.238. The summed E-state index contributed by atoms with van der Waals surface area (Å²) >= 11 is 0. The van der Waals surface area contributed by atoms with Crippen molar-refractivity contribution < 1.29 is 13.2 Å².